The van der Waals surface area contributed by atoms with Crippen molar-refractivity contribution in [3.63, 3.8) is 0 Å². The fraction of sp³-hybridized carbons (Fsp3) is 0.345. The molecule has 8 bridgehead atoms. The number of morpholine rings is 1. The molecule has 70 heavy (non-hydrogen) atoms. The lowest BCUT2D eigenvalue weighted by atomic mass is 10.1. The van der Waals surface area contributed by atoms with Crippen LogP contribution >= 0.6 is 0 Å². The summed E-state index contributed by atoms with van der Waals surface area (Å²) >= 11 is 0. The zero-order valence-corrected chi connectivity index (χ0v) is 40.5. The van der Waals surface area contributed by atoms with Crippen molar-refractivity contribution < 1.29 is 38.0 Å². The number of aryl methyl sites for hydroxylation is 4. The molecule has 1 fully saturated rings. The van der Waals surface area contributed by atoms with E-state index < -0.39 is 12.2 Å². The van der Waals surface area contributed by atoms with E-state index in [4.69, 9.17) is 33.4 Å². The predicted molar refractivity (Wildman–Crippen MR) is 267 cm³/mol. The number of fused-ring (bicyclic) bond motifs is 8. The number of hydrogen-bond acceptors (Lipinski definition) is 13. The average molecular weight is 948 g/mol. The van der Waals surface area contributed by atoms with Crippen molar-refractivity contribution in [2.75, 3.05) is 75.6 Å². The van der Waals surface area contributed by atoms with E-state index in [1.807, 2.05) is 119 Å². The van der Waals surface area contributed by atoms with E-state index in [1.54, 1.807) is 17.2 Å². The fourth-order valence-corrected chi connectivity index (χ4v) is 8.31. The lowest BCUT2D eigenvalue weighted by Crippen LogP contribution is -2.38. The Morgan fingerprint density at radius 2 is 1.37 bits per heavy atom. The van der Waals surface area contributed by atoms with Gasteiger partial charge in [-0.05, 0) is 110 Å². The summed E-state index contributed by atoms with van der Waals surface area (Å²) < 4.78 is 35.1. The van der Waals surface area contributed by atoms with Gasteiger partial charge in [-0.25, -0.2) is 29.5 Å². The molecule has 2 aromatic heterocycles. The van der Waals surface area contributed by atoms with Gasteiger partial charge in [0.15, 0.2) is 0 Å². The molecule has 2 amide bonds. The van der Waals surface area contributed by atoms with Crippen LogP contribution in [-0.2, 0) is 28.9 Å². The van der Waals surface area contributed by atoms with Crippen molar-refractivity contribution in [2.45, 2.75) is 60.0 Å². The Morgan fingerprint density at radius 1 is 0.657 bits per heavy atom. The van der Waals surface area contributed by atoms with Crippen LogP contribution in [0.1, 0.15) is 63.3 Å². The Labute approximate surface area is 410 Å². The number of aromatic nitrogens is 4. The zero-order valence-electron chi connectivity index (χ0n) is 40.5. The highest BCUT2D eigenvalue weighted by Gasteiger charge is 2.24. The van der Waals surface area contributed by atoms with Crippen LogP contribution in [0.2, 0.25) is 0 Å². The van der Waals surface area contributed by atoms with Gasteiger partial charge in [-0.3, -0.25) is 14.7 Å². The van der Waals surface area contributed by atoms with Gasteiger partial charge in [-0.2, -0.15) is 0 Å². The predicted octanol–water partition coefficient (Wildman–Crippen LogP) is 9.35. The quantitative estimate of drug-likeness (QED) is 0.146. The SMILES string of the molecule is Cc1cccc(C)c1OC(=O)N1C/C=C/COc2cccc(c2)Cc2cc1ncn2.Cc1cccc(C)c1OC(=O)N1CCCCOCc2cc(ccc2OCCN2CCOCC2)Cc2nccc1n2. The molecule has 364 valence electrons. The summed E-state index contributed by atoms with van der Waals surface area (Å²) in [6, 6.07) is 29.3. The van der Waals surface area contributed by atoms with Gasteiger partial charge in [0.1, 0.15) is 60.0 Å². The smallest absolute Gasteiger partial charge is 0.421 e. The van der Waals surface area contributed by atoms with Crippen molar-refractivity contribution in [1.29, 1.82) is 0 Å². The monoisotopic (exact) mass is 947 g/mol. The Balaban J connectivity index is 0.000000196. The van der Waals surface area contributed by atoms with Gasteiger partial charge in [0, 0.05) is 70.0 Å². The largest absolute Gasteiger partial charge is 0.492 e. The lowest BCUT2D eigenvalue weighted by molar-refractivity contribution is 0.0320. The van der Waals surface area contributed by atoms with Crippen molar-refractivity contribution >= 4 is 23.8 Å². The first kappa shape index (κ1) is 49.2. The van der Waals surface area contributed by atoms with Crippen LogP contribution in [0.4, 0.5) is 21.2 Å². The maximum atomic E-state index is 13.4. The van der Waals surface area contributed by atoms with Crippen molar-refractivity contribution in [1.82, 2.24) is 24.8 Å². The number of benzene rings is 4. The molecule has 4 aromatic carbocycles. The summed E-state index contributed by atoms with van der Waals surface area (Å²) in [5, 5.41) is 0. The standard InChI is InChI=1S/C31H38N4O5.C24H23N3O3/c1-23-6-5-7-24(2)30(23)40-31(36)35-12-3-4-16-38-22-26-20-25(21-28-32-11-10-29(35)33-28)8-9-27(26)39-19-15-34-13-17-37-18-14-34;1-17-7-5-8-18(2)23(17)30-24(28)27-11-3-4-12-29-21-10-6-9-19(14-21)13-20-15-22(27)26-16-25-20/h5-11,20H,3-4,12-19,21-22H2,1-2H3;3-10,14-16H,11-13H2,1-2H3/b;4-3+. The minimum Gasteiger partial charge on any atom is -0.492 e. The number of rotatable bonds is 6. The summed E-state index contributed by atoms with van der Waals surface area (Å²) in [4.78, 5) is 49.9. The molecule has 3 aliphatic rings. The summed E-state index contributed by atoms with van der Waals surface area (Å²) in [6.07, 6.45) is 8.66. The molecule has 5 heterocycles. The number of carbonyl (C=O) groups excluding carboxylic acids is 2. The van der Waals surface area contributed by atoms with Crippen molar-refractivity contribution in [3.05, 3.63) is 166 Å². The van der Waals surface area contributed by atoms with Gasteiger partial charge < -0.3 is 28.4 Å². The first-order valence-corrected chi connectivity index (χ1v) is 23.9. The van der Waals surface area contributed by atoms with Crippen LogP contribution in [0, 0.1) is 27.7 Å². The molecule has 1 saturated heterocycles. The number of hydrogen-bond donors (Lipinski definition) is 0. The molecule has 0 spiro atoms. The summed E-state index contributed by atoms with van der Waals surface area (Å²) in [6.45, 7) is 14.9. The van der Waals surface area contributed by atoms with Crippen LogP contribution in [0.5, 0.6) is 23.0 Å². The molecule has 15 heteroatoms. The first-order valence-electron chi connectivity index (χ1n) is 23.9. The molecule has 9 rings (SSSR count). The van der Waals surface area contributed by atoms with Crippen molar-refractivity contribution in [3.8, 4) is 23.0 Å². The molecule has 0 aliphatic carbocycles. The minimum atomic E-state index is -0.488. The third-order valence-corrected chi connectivity index (χ3v) is 12.1. The van der Waals surface area contributed by atoms with Gasteiger partial charge >= 0.3 is 12.2 Å². The van der Waals surface area contributed by atoms with Crippen LogP contribution in [0.15, 0.2) is 116 Å². The minimum absolute atomic E-state index is 0.307. The third-order valence-electron chi connectivity index (χ3n) is 12.1. The maximum Gasteiger partial charge on any atom is 0.421 e. The molecular weight excluding hydrogens is 887 g/mol. The van der Waals surface area contributed by atoms with E-state index in [9.17, 15) is 9.59 Å². The number of carbonyl (C=O) groups is 2. The fourth-order valence-electron chi connectivity index (χ4n) is 8.31. The normalized spacial score (nSPS) is 15.8. The number of para-hydroxylation sites is 2. The number of anilines is 2. The Kier molecular flexibility index (Phi) is 17.1. The third kappa shape index (κ3) is 13.5. The Bertz CT molecular complexity index is 2720. The van der Waals surface area contributed by atoms with E-state index in [0.717, 1.165) is 102 Å². The van der Waals surface area contributed by atoms with E-state index in [0.29, 0.717) is 81.3 Å². The van der Waals surface area contributed by atoms with Gasteiger partial charge in [0.25, 0.3) is 0 Å². The van der Waals surface area contributed by atoms with Gasteiger partial charge in [0.2, 0.25) is 0 Å². The molecule has 0 saturated carbocycles. The van der Waals surface area contributed by atoms with E-state index in [2.05, 4.69) is 25.9 Å². The number of amides is 2. The van der Waals surface area contributed by atoms with E-state index in [-0.39, 0.29) is 0 Å². The highest BCUT2D eigenvalue weighted by Crippen LogP contribution is 2.28. The van der Waals surface area contributed by atoms with Gasteiger partial charge in [-0.15, -0.1) is 0 Å². The van der Waals surface area contributed by atoms with Crippen LogP contribution in [-0.4, -0.2) is 103 Å². The Morgan fingerprint density at radius 3 is 2.13 bits per heavy atom. The van der Waals surface area contributed by atoms with E-state index >= 15 is 0 Å². The molecule has 6 aromatic rings. The molecule has 0 unspecified atom stereocenters. The highest BCUT2D eigenvalue weighted by molar-refractivity contribution is 5.89. The van der Waals surface area contributed by atoms with Gasteiger partial charge in [-0.1, -0.05) is 60.7 Å². The van der Waals surface area contributed by atoms with Crippen LogP contribution < -0.4 is 28.7 Å². The van der Waals surface area contributed by atoms with E-state index in [1.165, 1.54) is 11.2 Å². The molecule has 3 aliphatic heterocycles. The molecule has 0 N–H and O–H groups in total. The topological polar surface area (TPSA) is 151 Å². The second-order valence-electron chi connectivity index (χ2n) is 17.4. The van der Waals surface area contributed by atoms with Crippen LogP contribution in [0.3, 0.4) is 0 Å². The molecule has 0 atom stereocenters. The van der Waals surface area contributed by atoms with Crippen molar-refractivity contribution in [2.24, 2.45) is 0 Å². The Hall–Kier alpha value is -7.20. The lowest BCUT2D eigenvalue weighted by Gasteiger charge is -2.26. The zero-order chi connectivity index (χ0) is 48.7. The second-order valence-corrected chi connectivity index (χ2v) is 17.4. The summed E-state index contributed by atoms with van der Waals surface area (Å²) in [5.74, 6) is 4.47. The molecular formula is C55H61N7O8. The average Bonchev–Trinajstić information content (AvgIpc) is 3.36. The highest BCUT2D eigenvalue weighted by atomic mass is 16.6. The number of ether oxygens (including phenoxy) is 6. The number of nitrogens with zero attached hydrogens (tertiary/aromatic N) is 7. The second kappa shape index (κ2) is 24.4. The van der Waals surface area contributed by atoms with Gasteiger partial charge in [0.05, 0.1) is 25.5 Å². The van der Waals surface area contributed by atoms with Crippen LogP contribution in [0.25, 0.3) is 0 Å². The molecule has 0 radical (unpaired) electrons. The maximum absolute atomic E-state index is 13.4. The summed E-state index contributed by atoms with van der Waals surface area (Å²) in [5.41, 5.74) is 7.59. The molecule has 15 nitrogen and oxygen atoms in total. The first-order chi connectivity index (χ1) is 34.2. The summed E-state index contributed by atoms with van der Waals surface area (Å²) in [7, 11) is 0.